The lowest BCUT2D eigenvalue weighted by Crippen LogP contribution is -2.55. The van der Waals surface area contributed by atoms with Crippen LogP contribution < -0.4 is 20.7 Å². The number of nitrogens with one attached hydrogen (secondary N) is 4. The molecule has 1 saturated carbocycles. The van der Waals surface area contributed by atoms with Gasteiger partial charge in [-0.1, -0.05) is 18.9 Å². The number of fused-ring (bicyclic) bond motifs is 1. The van der Waals surface area contributed by atoms with E-state index in [0.29, 0.717) is 36.7 Å². The molecule has 9 nitrogen and oxygen atoms in total. The first kappa shape index (κ1) is 22.6. The summed E-state index contributed by atoms with van der Waals surface area (Å²) in [5.74, 6) is -0.196. The van der Waals surface area contributed by atoms with Gasteiger partial charge in [-0.25, -0.2) is 0 Å². The number of carbonyl (C=O) groups excluding carboxylic acids is 3. The number of hydrogen-bond acceptors (Lipinski definition) is 5. The normalized spacial score (nSPS) is 20.4. The van der Waals surface area contributed by atoms with Gasteiger partial charge in [0.25, 0.3) is 5.91 Å². The molecule has 3 atom stereocenters. The van der Waals surface area contributed by atoms with Crippen LogP contribution in [0.2, 0.25) is 0 Å². The molecule has 1 aliphatic heterocycles. The number of rotatable bonds is 9. The Hall–Kier alpha value is -3.54. The number of methoxy groups -OCH3 is 1. The zero-order valence-electron chi connectivity index (χ0n) is 18.9. The molecule has 174 valence electrons. The van der Waals surface area contributed by atoms with Gasteiger partial charge in [-0.05, 0) is 50.3 Å². The van der Waals surface area contributed by atoms with Crippen molar-refractivity contribution >= 4 is 28.6 Å². The first-order chi connectivity index (χ1) is 15.8. The summed E-state index contributed by atoms with van der Waals surface area (Å²) >= 11 is 0. The van der Waals surface area contributed by atoms with Crippen LogP contribution in [0.25, 0.3) is 10.9 Å². The summed E-state index contributed by atoms with van der Waals surface area (Å²) in [5.41, 5.74) is -0.117. The van der Waals surface area contributed by atoms with Gasteiger partial charge in [0, 0.05) is 23.4 Å². The van der Waals surface area contributed by atoms with Crippen molar-refractivity contribution in [3.8, 4) is 11.8 Å². The third-order valence-electron chi connectivity index (χ3n) is 6.44. The number of benzene rings is 1. The summed E-state index contributed by atoms with van der Waals surface area (Å²) in [6.45, 7) is 2.20. The number of H-pyrrole nitrogens is 1. The summed E-state index contributed by atoms with van der Waals surface area (Å²) in [7, 11) is 1.57. The minimum Gasteiger partial charge on any atom is -0.496 e. The smallest absolute Gasteiger partial charge is 0.268 e. The lowest BCUT2D eigenvalue weighted by Gasteiger charge is -2.28. The molecule has 1 aromatic carbocycles. The van der Waals surface area contributed by atoms with E-state index in [1.165, 1.54) is 0 Å². The number of aromatic nitrogens is 1. The predicted molar refractivity (Wildman–Crippen MR) is 121 cm³/mol. The van der Waals surface area contributed by atoms with Crippen LogP contribution in [0.15, 0.2) is 24.3 Å². The molecule has 2 fully saturated rings. The lowest BCUT2D eigenvalue weighted by atomic mass is 9.88. The van der Waals surface area contributed by atoms with E-state index in [4.69, 9.17) is 4.74 Å². The quantitative estimate of drug-likeness (QED) is 0.462. The van der Waals surface area contributed by atoms with E-state index in [1.54, 1.807) is 20.1 Å². The molecule has 0 bridgehead atoms. The van der Waals surface area contributed by atoms with Crippen molar-refractivity contribution in [3.05, 3.63) is 30.0 Å². The molecule has 1 aliphatic carbocycles. The van der Waals surface area contributed by atoms with Gasteiger partial charge in [0.2, 0.25) is 11.8 Å². The van der Waals surface area contributed by atoms with Crippen molar-refractivity contribution in [2.45, 2.75) is 50.6 Å². The Morgan fingerprint density at radius 2 is 2.12 bits per heavy atom. The SMILES string of the molecule is COc1cccc2[nH]c(C(=O)N[C@@H](CC3CC3)C(=O)N[C@](C)(C#N)C[C@H]3CCNC3=O)cc12. The van der Waals surface area contributed by atoms with Gasteiger partial charge in [0.05, 0.1) is 13.2 Å². The molecule has 0 radical (unpaired) electrons. The van der Waals surface area contributed by atoms with Crippen molar-refractivity contribution in [1.82, 2.24) is 20.9 Å². The molecule has 33 heavy (non-hydrogen) atoms. The summed E-state index contributed by atoms with van der Waals surface area (Å²) in [4.78, 5) is 41.2. The topological polar surface area (TPSA) is 136 Å². The maximum Gasteiger partial charge on any atom is 0.268 e. The van der Waals surface area contributed by atoms with E-state index in [1.807, 2.05) is 18.2 Å². The zero-order chi connectivity index (χ0) is 23.6. The first-order valence-electron chi connectivity index (χ1n) is 11.3. The molecule has 2 aromatic rings. The van der Waals surface area contributed by atoms with Crippen molar-refractivity contribution in [3.63, 3.8) is 0 Å². The highest BCUT2D eigenvalue weighted by Gasteiger charge is 2.38. The van der Waals surface area contributed by atoms with Crippen molar-refractivity contribution in [2.75, 3.05) is 13.7 Å². The van der Waals surface area contributed by atoms with Crippen LogP contribution in [0.1, 0.15) is 49.5 Å². The van der Waals surface area contributed by atoms with E-state index in [-0.39, 0.29) is 18.2 Å². The van der Waals surface area contributed by atoms with E-state index in [2.05, 4.69) is 27.0 Å². The first-order valence-corrected chi connectivity index (χ1v) is 11.3. The number of carbonyl (C=O) groups is 3. The predicted octanol–water partition coefficient (Wildman–Crippen LogP) is 2.00. The number of nitrogens with zero attached hydrogens (tertiary/aromatic N) is 1. The van der Waals surface area contributed by atoms with Crippen molar-refractivity contribution in [2.24, 2.45) is 11.8 Å². The van der Waals surface area contributed by atoms with Crippen LogP contribution in [-0.4, -0.2) is 47.9 Å². The van der Waals surface area contributed by atoms with Crippen LogP contribution in [0.5, 0.6) is 5.75 Å². The molecular formula is C24H29N5O4. The molecule has 1 saturated heterocycles. The fraction of sp³-hybridized carbons (Fsp3) is 0.500. The van der Waals surface area contributed by atoms with Crippen molar-refractivity contribution in [1.29, 1.82) is 5.26 Å². The monoisotopic (exact) mass is 451 g/mol. The fourth-order valence-electron chi connectivity index (χ4n) is 4.40. The number of ether oxygens (including phenoxy) is 1. The molecule has 0 spiro atoms. The minimum atomic E-state index is -1.20. The molecule has 2 aliphatic rings. The molecule has 9 heteroatoms. The standard InChI is InChI=1S/C24H29N5O4/c1-24(13-25,12-15-8-9-26-21(15)30)29-23(32)18(10-14-6-7-14)28-22(31)19-11-16-17(27-19)4-3-5-20(16)33-2/h3-5,11,14-15,18,27H,6-10,12H2,1-2H3,(H,26,30)(H,28,31)(H,29,32)/t15-,18+,24+/m1/s1. The van der Waals surface area contributed by atoms with Crippen LogP contribution in [0, 0.1) is 23.2 Å². The Morgan fingerprint density at radius 1 is 1.33 bits per heavy atom. The van der Waals surface area contributed by atoms with Gasteiger partial charge in [0.15, 0.2) is 0 Å². The highest BCUT2D eigenvalue weighted by molar-refractivity contribution is 6.01. The Kier molecular flexibility index (Phi) is 6.27. The van der Waals surface area contributed by atoms with Crippen LogP contribution in [0.3, 0.4) is 0 Å². The second-order valence-electron chi connectivity index (χ2n) is 9.22. The summed E-state index contributed by atoms with van der Waals surface area (Å²) in [6.07, 6.45) is 3.40. The Morgan fingerprint density at radius 3 is 2.76 bits per heavy atom. The van der Waals surface area contributed by atoms with Gasteiger partial charge >= 0.3 is 0 Å². The fourth-order valence-corrected chi connectivity index (χ4v) is 4.40. The highest BCUT2D eigenvalue weighted by Crippen LogP contribution is 2.34. The molecule has 4 N–H and O–H groups in total. The Balaban J connectivity index is 1.48. The van der Waals surface area contributed by atoms with E-state index in [9.17, 15) is 19.6 Å². The van der Waals surface area contributed by atoms with Gasteiger partial charge in [0.1, 0.15) is 23.0 Å². The Bertz CT molecular complexity index is 1120. The highest BCUT2D eigenvalue weighted by atomic mass is 16.5. The summed E-state index contributed by atoms with van der Waals surface area (Å²) in [5, 5.41) is 18.9. The van der Waals surface area contributed by atoms with Crippen LogP contribution in [0.4, 0.5) is 0 Å². The number of hydrogen-bond donors (Lipinski definition) is 4. The molecule has 0 unspecified atom stereocenters. The maximum atomic E-state index is 13.2. The average Bonchev–Trinajstić information content (AvgIpc) is 3.36. The van der Waals surface area contributed by atoms with Crippen LogP contribution >= 0.6 is 0 Å². The largest absolute Gasteiger partial charge is 0.496 e. The number of amides is 3. The van der Waals surface area contributed by atoms with E-state index in [0.717, 1.165) is 23.7 Å². The Labute approximate surface area is 192 Å². The van der Waals surface area contributed by atoms with E-state index >= 15 is 0 Å². The van der Waals surface area contributed by atoms with Gasteiger partial charge in [-0.2, -0.15) is 5.26 Å². The van der Waals surface area contributed by atoms with Gasteiger partial charge in [-0.15, -0.1) is 0 Å². The third kappa shape index (κ3) is 5.11. The molecule has 2 heterocycles. The summed E-state index contributed by atoms with van der Waals surface area (Å²) < 4.78 is 5.36. The van der Waals surface area contributed by atoms with Gasteiger partial charge in [-0.3, -0.25) is 14.4 Å². The third-order valence-corrected chi connectivity index (χ3v) is 6.44. The molecular weight excluding hydrogens is 422 g/mol. The van der Waals surface area contributed by atoms with Gasteiger partial charge < -0.3 is 25.7 Å². The number of aromatic amines is 1. The molecule has 3 amide bonds. The van der Waals surface area contributed by atoms with Crippen molar-refractivity contribution < 1.29 is 19.1 Å². The zero-order valence-corrected chi connectivity index (χ0v) is 18.9. The second-order valence-corrected chi connectivity index (χ2v) is 9.22. The molecule has 1 aromatic heterocycles. The second kappa shape index (κ2) is 9.14. The number of nitriles is 1. The minimum absolute atomic E-state index is 0.0946. The van der Waals surface area contributed by atoms with Crippen LogP contribution in [-0.2, 0) is 9.59 Å². The lowest BCUT2D eigenvalue weighted by molar-refractivity contribution is -0.126. The van der Waals surface area contributed by atoms with E-state index < -0.39 is 23.4 Å². The maximum absolute atomic E-state index is 13.2. The molecule has 4 rings (SSSR count). The summed E-state index contributed by atoms with van der Waals surface area (Å²) in [6, 6.07) is 8.57. The average molecular weight is 452 g/mol.